The van der Waals surface area contributed by atoms with E-state index in [1.165, 1.54) is 5.56 Å². The lowest BCUT2D eigenvalue weighted by molar-refractivity contribution is 0.320. The summed E-state index contributed by atoms with van der Waals surface area (Å²) in [4.78, 5) is 11.5. The molecule has 0 saturated carbocycles. The summed E-state index contributed by atoms with van der Waals surface area (Å²) in [6.45, 7) is 7.18. The van der Waals surface area contributed by atoms with Crippen LogP contribution >= 0.6 is 0 Å². The Morgan fingerprint density at radius 3 is 2.76 bits per heavy atom. The standard InChI is InChI=1S/C20H27N3O2/c1-14(2)20-21-9-7-16(22-20)13-23-10-8-15(12-23)18-11-17(24-3)5-6-19(18)25-4/h5-7,9,11,14-15H,8,10,12-13H2,1-4H3. The van der Waals surface area contributed by atoms with Crippen LogP contribution in [0.3, 0.4) is 0 Å². The van der Waals surface area contributed by atoms with E-state index in [0.717, 1.165) is 49.1 Å². The summed E-state index contributed by atoms with van der Waals surface area (Å²) < 4.78 is 10.9. The summed E-state index contributed by atoms with van der Waals surface area (Å²) >= 11 is 0. The van der Waals surface area contributed by atoms with Crippen LogP contribution in [0.1, 0.15) is 49.2 Å². The van der Waals surface area contributed by atoms with E-state index < -0.39 is 0 Å². The minimum Gasteiger partial charge on any atom is -0.497 e. The van der Waals surface area contributed by atoms with Gasteiger partial charge in [-0.1, -0.05) is 13.8 Å². The van der Waals surface area contributed by atoms with Gasteiger partial charge < -0.3 is 9.47 Å². The van der Waals surface area contributed by atoms with E-state index in [1.807, 2.05) is 24.4 Å². The van der Waals surface area contributed by atoms with E-state index >= 15 is 0 Å². The van der Waals surface area contributed by atoms with Crippen molar-refractivity contribution in [1.82, 2.24) is 14.9 Å². The van der Waals surface area contributed by atoms with Gasteiger partial charge in [-0.25, -0.2) is 9.97 Å². The Morgan fingerprint density at radius 1 is 1.20 bits per heavy atom. The highest BCUT2D eigenvalue weighted by atomic mass is 16.5. The molecule has 2 aromatic rings. The minimum absolute atomic E-state index is 0.354. The molecule has 1 aromatic heterocycles. The lowest BCUT2D eigenvalue weighted by Crippen LogP contribution is -2.21. The van der Waals surface area contributed by atoms with Crippen molar-refractivity contribution < 1.29 is 9.47 Å². The van der Waals surface area contributed by atoms with Crippen LogP contribution in [0.5, 0.6) is 11.5 Å². The maximum atomic E-state index is 5.56. The molecule has 25 heavy (non-hydrogen) atoms. The van der Waals surface area contributed by atoms with E-state index in [-0.39, 0.29) is 0 Å². The first-order chi connectivity index (χ1) is 12.1. The third kappa shape index (κ3) is 4.10. The largest absolute Gasteiger partial charge is 0.497 e. The SMILES string of the molecule is COc1ccc(OC)c(C2CCN(Cc3ccnc(C(C)C)n3)C2)c1. The Hall–Kier alpha value is -2.14. The van der Waals surface area contributed by atoms with Gasteiger partial charge in [0.15, 0.2) is 0 Å². The fourth-order valence-electron chi connectivity index (χ4n) is 3.40. The number of likely N-dealkylation sites (tertiary alicyclic amines) is 1. The fourth-order valence-corrected chi connectivity index (χ4v) is 3.40. The van der Waals surface area contributed by atoms with Gasteiger partial charge in [0.25, 0.3) is 0 Å². The minimum atomic E-state index is 0.354. The predicted molar refractivity (Wildman–Crippen MR) is 98.3 cm³/mol. The molecule has 134 valence electrons. The summed E-state index contributed by atoms with van der Waals surface area (Å²) in [5.41, 5.74) is 2.33. The molecule has 0 spiro atoms. The molecule has 0 N–H and O–H groups in total. The van der Waals surface area contributed by atoms with Crippen LogP contribution in [0.15, 0.2) is 30.5 Å². The van der Waals surface area contributed by atoms with Gasteiger partial charge in [-0.2, -0.15) is 0 Å². The summed E-state index contributed by atoms with van der Waals surface area (Å²) in [5, 5.41) is 0. The van der Waals surface area contributed by atoms with Gasteiger partial charge in [-0.15, -0.1) is 0 Å². The van der Waals surface area contributed by atoms with Gasteiger partial charge in [0.05, 0.1) is 19.9 Å². The summed E-state index contributed by atoms with van der Waals surface area (Å²) in [6.07, 6.45) is 2.99. The molecule has 1 saturated heterocycles. The molecule has 1 aromatic carbocycles. The normalized spacial score (nSPS) is 17.9. The number of hydrogen-bond donors (Lipinski definition) is 0. The highest BCUT2D eigenvalue weighted by Crippen LogP contribution is 2.36. The first kappa shape index (κ1) is 17.7. The van der Waals surface area contributed by atoms with Crippen molar-refractivity contribution in [2.24, 2.45) is 0 Å². The number of ether oxygens (including phenoxy) is 2. The molecule has 1 atom stereocenters. The van der Waals surface area contributed by atoms with E-state index in [4.69, 9.17) is 14.5 Å². The van der Waals surface area contributed by atoms with Crippen LogP contribution in [-0.2, 0) is 6.54 Å². The Bertz CT molecular complexity index is 718. The summed E-state index contributed by atoms with van der Waals surface area (Å²) in [5.74, 6) is 3.55. The van der Waals surface area contributed by atoms with E-state index in [9.17, 15) is 0 Å². The van der Waals surface area contributed by atoms with Crippen molar-refractivity contribution in [3.63, 3.8) is 0 Å². The summed E-state index contributed by atoms with van der Waals surface area (Å²) in [6, 6.07) is 8.07. The maximum absolute atomic E-state index is 5.56. The predicted octanol–water partition coefficient (Wildman–Crippen LogP) is 3.61. The molecule has 1 aliphatic heterocycles. The van der Waals surface area contributed by atoms with E-state index in [0.29, 0.717) is 11.8 Å². The number of nitrogens with zero attached hydrogens (tertiary/aromatic N) is 3. The average molecular weight is 341 g/mol. The second-order valence-corrected chi connectivity index (χ2v) is 6.89. The number of methoxy groups -OCH3 is 2. The first-order valence-corrected chi connectivity index (χ1v) is 8.86. The monoisotopic (exact) mass is 341 g/mol. The van der Waals surface area contributed by atoms with Gasteiger partial charge in [0.1, 0.15) is 17.3 Å². The van der Waals surface area contributed by atoms with Crippen molar-refractivity contribution >= 4 is 0 Å². The van der Waals surface area contributed by atoms with Crippen LogP contribution in [0, 0.1) is 0 Å². The second-order valence-electron chi connectivity index (χ2n) is 6.89. The molecule has 0 aliphatic carbocycles. The van der Waals surface area contributed by atoms with Gasteiger partial charge in [-0.05, 0) is 37.2 Å². The lowest BCUT2D eigenvalue weighted by atomic mass is 9.97. The Balaban J connectivity index is 1.71. The molecular weight excluding hydrogens is 314 g/mol. The first-order valence-electron chi connectivity index (χ1n) is 8.86. The molecule has 2 heterocycles. The molecule has 3 rings (SSSR count). The summed E-state index contributed by atoms with van der Waals surface area (Å²) in [7, 11) is 3.43. The quantitative estimate of drug-likeness (QED) is 0.803. The van der Waals surface area contributed by atoms with Crippen LogP contribution < -0.4 is 9.47 Å². The second kappa shape index (κ2) is 7.83. The molecule has 1 unspecified atom stereocenters. The third-order valence-electron chi connectivity index (χ3n) is 4.78. The Morgan fingerprint density at radius 2 is 2.04 bits per heavy atom. The number of benzene rings is 1. The molecule has 5 heteroatoms. The number of aromatic nitrogens is 2. The average Bonchev–Trinajstić information content (AvgIpc) is 3.09. The highest BCUT2D eigenvalue weighted by Gasteiger charge is 2.27. The fraction of sp³-hybridized carbons (Fsp3) is 0.500. The maximum Gasteiger partial charge on any atom is 0.131 e. The van der Waals surface area contributed by atoms with E-state index in [1.54, 1.807) is 14.2 Å². The number of rotatable bonds is 6. The number of hydrogen-bond acceptors (Lipinski definition) is 5. The molecule has 0 amide bonds. The lowest BCUT2D eigenvalue weighted by Gasteiger charge is -2.18. The topological polar surface area (TPSA) is 47.5 Å². The van der Waals surface area contributed by atoms with Crippen molar-refractivity contribution in [3.8, 4) is 11.5 Å². The van der Waals surface area contributed by atoms with E-state index in [2.05, 4.69) is 29.8 Å². The van der Waals surface area contributed by atoms with Gasteiger partial charge >= 0.3 is 0 Å². The van der Waals surface area contributed by atoms with Gasteiger partial charge in [0, 0.05) is 36.7 Å². The van der Waals surface area contributed by atoms with Crippen molar-refractivity contribution in [2.75, 3.05) is 27.3 Å². The zero-order valence-electron chi connectivity index (χ0n) is 15.5. The van der Waals surface area contributed by atoms with Crippen molar-refractivity contribution in [3.05, 3.63) is 47.5 Å². The van der Waals surface area contributed by atoms with Gasteiger partial charge in [-0.3, -0.25) is 4.90 Å². The third-order valence-corrected chi connectivity index (χ3v) is 4.78. The van der Waals surface area contributed by atoms with Crippen LogP contribution in [-0.4, -0.2) is 42.2 Å². The smallest absolute Gasteiger partial charge is 0.131 e. The van der Waals surface area contributed by atoms with Crippen LogP contribution in [0.2, 0.25) is 0 Å². The Labute approximate surface area is 150 Å². The Kier molecular flexibility index (Phi) is 5.53. The van der Waals surface area contributed by atoms with Crippen molar-refractivity contribution in [2.45, 2.75) is 38.6 Å². The molecular formula is C20H27N3O2. The molecule has 1 aliphatic rings. The zero-order valence-corrected chi connectivity index (χ0v) is 15.5. The zero-order chi connectivity index (χ0) is 17.8. The molecule has 5 nitrogen and oxygen atoms in total. The van der Waals surface area contributed by atoms with Gasteiger partial charge in [0.2, 0.25) is 0 Å². The van der Waals surface area contributed by atoms with Crippen molar-refractivity contribution in [1.29, 1.82) is 0 Å². The highest BCUT2D eigenvalue weighted by molar-refractivity contribution is 5.43. The van der Waals surface area contributed by atoms with Crippen LogP contribution in [0.25, 0.3) is 0 Å². The van der Waals surface area contributed by atoms with Crippen LogP contribution in [0.4, 0.5) is 0 Å². The molecule has 0 bridgehead atoms. The molecule has 1 fully saturated rings. The molecule has 0 radical (unpaired) electrons.